The van der Waals surface area contributed by atoms with Gasteiger partial charge in [0.1, 0.15) is 23.2 Å². The van der Waals surface area contributed by atoms with Crippen molar-refractivity contribution in [1.29, 1.82) is 5.26 Å². The first kappa shape index (κ1) is 35.5. The van der Waals surface area contributed by atoms with E-state index in [9.17, 15) is 10.4 Å². The number of phenols is 1. The molecule has 0 bridgehead atoms. The molecule has 0 atom stereocenters. The van der Waals surface area contributed by atoms with E-state index in [0.29, 0.717) is 16.8 Å². The fourth-order valence-corrected chi connectivity index (χ4v) is 6.51. The van der Waals surface area contributed by atoms with Gasteiger partial charge >= 0.3 is 0 Å². The maximum atomic E-state index is 11.7. The molecule has 0 fully saturated rings. The van der Waals surface area contributed by atoms with Crippen LogP contribution in [0, 0.1) is 17.4 Å². The molecule has 51 heavy (non-hydrogen) atoms. The van der Waals surface area contributed by atoms with Crippen LogP contribution in [-0.4, -0.2) is 19.5 Å². The van der Waals surface area contributed by atoms with Crippen molar-refractivity contribution in [2.75, 3.05) is 0 Å². The zero-order valence-electron chi connectivity index (χ0n) is 29.6. The average molecular weight is 847 g/mol. The van der Waals surface area contributed by atoms with Crippen molar-refractivity contribution in [3.8, 4) is 67.8 Å². The molecule has 256 valence electrons. The minimum absolute atomic E-state index is 0. The minimum Gasteiger partial charge on any atom is -0.507 e. The van der Waals surface area contributed by atoms with E-state index in [2.05, 4.69) is 88.4 Å². The van der Waals surface area contributed by atoms with Crippen LogP contribution >= 0.6 is 0 Å². The van der Waals surface area contributed by atoms with Gasteiger partial charge in [0.2, 0.25) is 0 Å². The molecule has 4 aromatic carbocycles. The smallest absolute Gasteiger partial charge is 0.128 e. The van der Waals surface area contributed by atoms with Gasteiger partial charge in [-0.15, -0.1) is 29.3 Å². The number of nitriles is 1. The summed E-state index contributed by atoms with van der Waals surface area (Å²) < 4.78 is 2.12. The molecule has 0 aliphatic carbocycles. The Morgan fingerprint density at radius 2 is 1.35 bits per heavy atom. The number of phenolic OH excluding ortho intramolecular Hbond substituents is 1. The van der Waals surface area contributed by atoms with Crippen LogP contribution in [0.3, 0.4) is 0 Å². The number of benzene rings is 4. The summed E-state index contributed by atoms with van der Waals surface area (Å²) in [6.07, 6.45) is 3.69. The van der Waals surface area contributed by atoms with Gasteiger partial charge in [-0.25, -0.2) is 4.98 Å². The summed E-state index contributed by atoms with van der Waals surface area (Å²) >= 11 is 0. The number of hydrogen-bond donors (Lipinski definition) is 1. The molecule has 0 amide bonds. The van der Waals surface area contributed by atoms with Gasteiger partial charge in [-0.05, 0) is 39.2 Å². The van der Waals surface area contributed by atoms with E-state index in [-0.39, 0.29) is 37.6 Å². The third-order valence-electron chi connectivity index (χ3n) is 9.21. The second-order valence-electron chi connectivity index (χ2n) is 14.8. The maximum Gasteiger partial charge on any atom is 0.128 e. The van der Waals surface area contributed by atoms with Gasteiger partial charge in [0.15, 0.2) is 0 Å². The molecule has 3 heterocycles. The largest absolute Gasteiger partial charge is 0.507 e. The summed E-state index contributed by atoms with van der Waals surface area (Å²) in [6, 6.07) is 42.5. The van der Waals surface area contributed by atoms with E-state index >= 15 is 0 Å². The number of hydrogen-bond acceptors (Lipinski definition) is 4. The van der Waals surface area contributed by atoms with Crippen molar-refractivity contribution >= 4 is 5.65 Å². The molecule has 0 spiro atoms. The first-order valence-electron chi connectivity index (χ1n) is 16.9. The molecule has 1 N–H and O–H groups in total. The Morgan fingerprint density at radius 1 is 0.706 bits per heavy atom. The van der Waals surface area contributed by atoms with Gasteiger partial charge < -0.3 is 9.51 Å². The van der Waals surface area contributed by atoms with E-state index < -0.39 is 0 Å². The van der Waals surface area contributed by atoms with Crippen LogP contribution in [0.4, 0.5) is 0 Å². The van der Waals surface area contributed by atoms with Gasteiger partial charge in [-0.1, -0.05) is 138 Å². The molecule has 0 aliphatic rings. The number of pyridine rings is 2. The number of aromatic nitrogens is 3. The molecule has 3 aromatic heterocycles. The van der Waals surface area contributed by atoms with Gasteiger partial charge in [-0.3, -0.25) is 4.98 Å². The van der Waals surface area contributed by atoms with Crippen LogP contribution in [0.1, 0.15) is 58.2 Å². The zero-order valence-corrected chi connectivity index (χ0v) is 31.9. The number of rotatable bonds is 5. The molecule has 0 aliphatic heterocycles. The van der Waals surface area contributed by atoms with Crippen molar-refractivity contribution in [2.45, 2.75) is 52.4 Å². The zero-order chi connectivity index (χ0) is 35.2. The van der Waals surface area contributed by atoms with Crippen molar-refractivity contribution in [1.82, 2.24) is 14.4 Å². The van der Waals surface area contributed by atoms with Crippen LogP contribution < -0.4 is 0 Å². The molecule has 7 aromatic rings. The van der Waals surface area contributed by atoms with Crippen LogP contribution in [-0.2, 0) is 31.9 Å². The van der Waals surface area contributed by atoms with Gasteiger partial charge in [-0.2, -0.15) is 5.26 Å². The summed E-state index contributed by atoms with van der Waals surface area (Å²) in [5.41, 5.74) is 11.3. The Balaban J connectivity index is 0.00000448. The second kappa shape index (κ2) is 13.8. The summed E-state index contributed by atoms with van der Waals surface area (Å²) in [7, 11) is 0. The Morgan fingerprint density at radius 3 is 2.00 bits per heavy atom. The van der Waals surface area contributed by atoms with E-state index in [4.69, 9.17) is 9.97 Å². The number of nitrogens with zero attached hydrogens (tertiary/aromatic N) is 4. The molecular formula is C45H39N4OPt-. The Labute approximate surface area is 314 Å². The quantitative estimate of drug-likeness (QED) is 0.175. The second-order valence-corrected chi connectivity index (χ2v) is 14.8. The van der Waals surface area contributed by atoms with Gasteiger partial charge in [0, 0.05) is 50.3 Å². The normalized spacial score (nSPS) is 11.6. The Bertz CT molecular complexity index is 2410. The number of para-hydroxylation sites is 1. The van der Waals surface area contributed by atoms with Gasteiger partial charge in [0.05, 0.1) is 11.3 Å². The Kier molecular flexibility index (Phi) is 9.60. The first-order valence-corrected chi connectivity index (χ1v) is 16.9. The molecule has 6 heteroatoms. The monoisotopic (exact) mass is 846 g/mol. The van der Waals surface area contributed by atoms with Crippen molar-refractivity contribution < 1.29 is 26.2 Å². The van der Waals surface area contributed by atoms with Gasteiger partial charge in [0.25, 0.3) is 0 Å². The third kappa shape index (κ3) is 6.77. The van der Waals surface area contributed by atoms with Crippen LogP contribution in [0.15, 0.2) is 122 Å². The van der Waals surface area contributed by atoms with Crippen LogP contribution in [0.25, 0.3) is 61.7 Å². The SMILES string of the molecule is CC(C)(C)c1cc(-c2cc(-c3ccccc3)c(C#N)cn2)[c-]c(-c2cccn3c(-c4ccccc4)c(-c4cccc(C(C)(C)C)c4O)nc23)c1.[Pt]. The summed E-state index contributed by atoms with van der Waals surface area (Å²) in [6.45, 7) is 12.9. The molecule has 0 radical (unpaired) electrons. The van der Waals surface area contributed by atoms with Crippen molar-refractivity contribution in [3.05, 3.63) is 144 Å². The molecule has 7 rings (SSSR count). The van der Waals surface area contributed by atoms with Crippen molar-refractivity contribution in [2.24, 2.45) is 0 Å². The molecule has 0 saturated heterocycles. The van der Waals surface area contributed by atoms with Crippen molar-refractivity contribution in [3.63, 3.8) is 0 Å². The van der Waals surface area contributed by atoms with E-state index in [1.807, 2.05) is 85.1 Å². The minimum atomic E-state index is -0.254. The summed E-state index contributed by atoms with van der Waals surface area (Å²) in [5.74, 6) is 0.242. The molecule has 5 nitrogen and oxygen atoms in total. The molecule has 0 unspecified atom stereocenters. The van der Waals surface area contributed by atoms with E-state index in [0.717, 1.165) is 61.5 Å². The predicted molar refractivity (Wildman–Crippen MR) is 203 cm³/mol. The number of fused-ring (bicyclic) bond motifs is 1. The average Bonchev–Trinajstić information content (AvgIpc) is 3.50. The van der Waals surface area contributed by atoms with Crippen LogP contribution in [0.2, 0.25) is 0 Å². The third-order valence-corrected chi connectivity index (χ3v) is 9.21. The fourth-order valence-electron chi connectivity index (χ4n) is 6.51. The maximum absolute atomic E-state index is 11.7. The van der Waals surface area contributed by atoms with E-state index in [1.54, 1.807) is 6.20 Å². The first-order chi connectivity index (χ1) is 23.9. The molecule has 0 saturated carbocycles. The van der Waals surface area contributed by atoms with E-state index in [1.165, 1.54) is 0 Å². The summed E-state index contributed by atoms with van der Waals surface area (Å²) in [5, 5.41) is 21.6. The molecular weight excluding hydrogens is 808 g/mol. The number of aromatic hydroxyl groups is 1. The predicted octanol–water partition coefficient (Wildman–Crippen LogP) is 11.0. The topological polar surface area (TPSA) is 74.2 Å². The fraction of sp³-hybridized carbons (Fsp3) is 0.178. The van der Waals surface area contributed by atoms with Crippen LogP contribution in [0.5, 0.6) is 5.75 Å². The summed E-state index contributed by atoms with van der Waals surface area (Å²) in [4.78, 5) is 10.1. The standard InChI is InChI=1S/C45H39N4O.Pt/c1-44(2,3)34-24-31(23-32(25-34)39-26-37(33(27-46)28-47-39)29-15-9-7-10-16-29)35-20-14-22-49-41(30-17-11-8-12-18-30)40(48-43(35)49)36-19-13-21-38(42(36)50)45(4,5)6;/h7-22,24-26,28,50H,1-6H3;/q-1;. The number of imidazole rings is 1. The Hall–Kier alpha value is -5.30.